The zero-order valence-corrected chi connectivity index (χ0v) is 12.8. The summed E-state index contributed by atoms with van der Waals surface area (Å²) in [5.74, 6) is 1.52. The molecule has 1 aromatic carbocycles. The first kappa shape index (κ1) is 16.1. The van der Waals surface area contributed by atoms with Crippen molar-refractivity contribution >= 4 is 21.4 Å². The SMILES string of the molecule is CCOc1cccc(CCl)c1OCCS(=O)(=O)CC. The Hall–Kier alpha value is -0.940. The minimum atomic E-state index is -3.03. The van der Waals surface area contributed by atoms with Crippen LogP contribution in [-0.4, -0.2) is 33.1 Å². The Morgan fingerprint density at radius 3 is 2.53 bits per heavy atom. The molecule has 0 N–H and O–H groups in total. The van der Waals surface area contributed by atoms with E-state index in [0.29, 0.717) is 18.1 Å². The molecule has 0 radical (unpaired) electrons. The van der Waals surface area contributed by atoms with E-state index in [-0.39, 0.29) is 24.0 Å². The molecule has 6 heteroatoms. The third-order valence-electron chi connectivity index (χ3n) is 2.58. The Bertz CT molecular complexity index is 499. The van der Waals surface area contributed by atoms with Crippen molar-refractivity contribution in [1.29, 1.82) is 0 Å². The first-order valence-electron chi connectivity index (χ1n) is 6.18. The fourth-order valence-corrected chi connectivity index (χ4v) is 2.35. The normalized spacial score (nSPS) is 11.3. The quantitative estimate of drug-likeness (QED) is 0.693. The summed E-state index contributed by atoms with van der Waals surface area (Å²) in [6.07, 6.45) is 0. The van der Waals surface area contributed by atoms with Crippen LogP contribution in [0.4, 0.5) is 0 Å². The molecule has 0 aromatic heterocycles. The number of para-hydroxylation sites is 1. The molecule has 1 aromatic rings. The highest BCUT2D eigenvalue weighted by molar-refractivity contribution is 7.91. The predicted octanol–water partition coefficient (Wildman–Crippen LogP) is 2.64. The van der Waals surface area contributed by atoms with Crippen molar-refractivity contribution in [2.45, 2.75) is 19.7 Å². The van der Waals surface area contributed by atoms with Gasteiger partial charge in [-0.1, -0.05) is 19.1 Å². The second kappa shape index (κ2) is 7.60. The summed E-state index contributed by atoms with van der Waals surface area (Å²) in [5.41, 5.74) is 0.793. The van der Waals surface area contributed by atoms with Gasteiger partial charge in [0.15, 0.2) is 21.3 Å². The highest BCUT2D eigenvalue weighted by Gasteiger charge is 2.13. The molecule has 0 saturated carbocycles. The standard InChI is InChI=1S/C13H19ClO4S/c1-3-17-12-7-5-6-11(10-14)13(12)18-8-9-19(15,16)4-2/h5-7H,3-4,8-10H2,1-2H3. The van der Waals surface area contributed by atoms with E-state index < -0.39 is 9.84 Å². The van der Waals surface area contributed by atoms with Crippen LogP contribution in [-0.2, 0) is 15.7 Å². The van der Waals surface area contributed by atoms with Crippen LogP contribution < -0.4 is 9.47 Å². The van der Waals surface area contributed by atoms with Crippen molar-refractivity contribution < 1.29 is 17.9 Å². The highest BCUT2D eigenvalue weighted by Crippen LogP contribution is 2.32. The van der Waals surface area contributed by atoms with E-state index in [9.17, 15) is 8.42 Å². The molecule has 0 aliphatic heterocycles. The molecule has 108 valence electrons. The number of sulfone groups is 1. The van der Waals surface area contributed by atoms with Crippen LogP contribution in [0, 0.1) is 0 Å². The Balaban J connectivity index is 2.80. The lowest BCUT2D eigenvalue weighted by Gasteiger charge is -2.14. The van der Waals surface area contributed by atoms with Crippen molar-refractivity contribution in [2.24, 2.45) is 0 Å². The molecule has 0 atom stereocenters. The molecule has 0 bridgehead atoms. The summed E-state index contributed by atoms with van der Waals surface area (Å²) >= 11 is 5.85. The fourth-order valence-electron chi connectivity index (χ4n) is 1.51. The summed E-state index contributed by atoms with van der Waals surface area (Å²) in [5, 5.41) is 0. The molecule has 0 amide bonds. The van der Waals surface area contributed by atoms with Crippen molar-refractivity contribution in [2.75, 3.05) is 24.7 Å². The van der Waals surface area contributed by atoms with Gasteiger partial charge in [-0.05, 0) is 13.0 Å². The average Bonchev–Trinajstić information content (AvgIpc) is 2.40. The number of halogens is 1. The number of rotatable bonds is 8. The van der Waals surface area contributed by atoms with Crippen LogP contribution >= 0.6 is 11.6 Å². The summed E-state index contributed by atoms with van der Waals surface area (Å²) in [6, 6.07) is 5.45. The van der Waals surface area contributed by atoms with Gasteiger partial charge < -0.3 is 9.47 Å². The number of ether oxygens (including phenoxy) is 2. The monoisotopic (exact) mass is 306 g/mol. The smallest absolute Gasteiger partial charge is 0.165 e. The number of benzene rings is 1. The third kappa shape index (κ3) is 4.91. The van der Waals surface area contributed by atoms with Gasteiger partial charge in [-0.25, -0.2) is 8.42 Å². The van der Waals surface area contributed by atoms with Gasteiger partial charge in [0.1, 0.15) is 6.61 Å². The molecule has 0 spiro atoms. The lowest BCUT2D eigenvalue weighted by molar-refractivity contribution is 0.286. The molecule has 0 aliphatic carbocycles. The second-order valence-electron chi connectivity index (χ2n) is 3.90. The third-order valence-corrected chi connectivity index (χ3v) is 4.54. The van der Waals surface area contributed by atoms with E-state index >= 15 is 0 Å². The van der Waals surface area contributed by atoms with E-state index in [1.165, 1.54) is 0 Å². The molecule has 0 unspecified atom stereocenters. The maximum absolute atomic E-state index is 11.4. The van der Waals surface area contributed by atoms with E-state index in [1.54, 1.807) is 13.0 Å². The van der Waals surface area contributed by atoms with E-state index in [1.807, 2.05) is 19.1 Å². The van der Waals surface area contributed by atoms with Gasteiger partial charge in [0.2, 0.25) is 0 Å². The summed E-state index contributed by atoms with van der Waals surface area (Å²) < 4.78 is 33.9. The molecule has 1 rings (SSSR count). The molecule has 19 heavy (non-hydrogen) atoms. The highest BCUT2D eigenvalue weighted by atomic mass is 35.5. The first-order chi connectivity index (χ1) is 9.04. The zero-order valence-electron chi connectivity index (χ0n) is 11.2. The van der Waals surface area contributed by atoms with Gasteiger partial charge in [-0.15, -0.1) is 11.6 Å². The van der Waals surface area contributed by atoms with E-state index in [2.05, 4.69) is 0 Å². The molecular weight excluding hydrogens is 288 g/mol. The molecular formula is C13H19ClO4S. The number of alkyl halides is 1. The molecule has 0 heterocycles. The van der Waals surface area contributed by atoms with Crippen LogP contribution in [0.1, 0.15) is 19.4 Å². The van der Waals surface area contributed by atoms with Crippen molar-refractivity contribution in [3.63, 3.8) is 0 Å². The zero-order chi connectivity index (χ0) is 14.3. The Morgan fingerprint density at radius 1 is 1.21 bits per heavy atom. The van der Waals surface area contributed by atoms with Crippen molar-refractivity contribution in [3.8, 4) is 11.5 Å². The average molecular weight is 307 g/mol. The fraction of sp³-hybridized carbons (Fsp3) is 0.538. The number of hydrogen-bond donors (Lipinski definition) is 0. The van der Waals surface area contributed by atoms with Crippen molar-refractivity contribution in [3.05, 3.63) is 23.8 Å². The van der Waals surface area contributed by atoms with E-state index in [4.69, 9.17) is 21.1 Å². The topological polar surface area (TPSA) is 52.6 Å². The lowest BCUT2D eigenvalue weighted by atomic mass is 10.2. The van der Waals surface area contributed by atoms with Gasteiger partial charge in [0.25, 0.3) is 0 Å². The largest absolute Gasteiger partial charge is 0.490 e. The molecule has 0 aliphatic rings. The summed E-state index contributed by atoms with van der Waals surface area (Å²) in [7, 11) is -3.03. The predicted molar refractivity (Wildman–Crippen MR) is 77.0 cm³/mol. The van der Waals surface area contributed by atoms with Crippen LogP contribution in [0.5, 0.6) is 11.5 Å². The van der Waals surface area contributed by atoms with Gasteiger partial charge in [-0.2, -0.15) is 0 Å². The van der Waals surface area contributed by atoms with Crippen LogP contribution in [0.25, 0.3) is 0 Å². The Morgan fingerprint density at radius 2 is 1.95 bits per heavy atom. The van der Waals surface area contributed by atoms with Gasteiger partial charge >= 0.3 is 0 Å². The summed E-state index contributed by atoms with van der Waals surface area (Å²) in [6.45, 7) is 4.10. The minimum absolute atomic E-state index is 0.00825. The van der Waals surface area contributed by atoms with Crippen LogP contribution in [0.3, 0.4) is 0 Å². The van der Waals surface area contributed by atoms with Gasteiger partial charge in [0, 0.05) is 11.3 Å². The number of hydrogen-bond acceptors (Lipinski definition) is 4. The molecule has 4 nitrogen and oxygen atoms in total. The maximum atomic E-state index is 11.4. The molecule has 0 fully saturated rings. The molecule has 0 saturated heterocycles. The summed E-state index contributed by atoms with van der Waals surface area (Å²) in [4.78, 5) is 0. The minimum Gasteiger partial charge on any atom is -0.490 e. The van der Waals surface area contributed by atoms with Gasteiger partial charge in [-0.3, -0.25) is 0 Å². The maximum Gasteiger partial charge on any atom is 0.165 e. The van der Waals surface area contributed by atoms with Gasteiger partial charge in [0.05, 0.1) is 18.2 Å². The second-order valence-corrected chi connectivity index (χ2v) is 6.64. The van der Waals surface area contributed by atoms with Crippen molar-refractivity contribution in [1.82, 2.24) is 0 Å². The Kier molecular flexibility index (Phi) is 6.45. The first-order valence-corrected chi connectivity index (χ1v) is 8.53. The van der Waals surface area contributed by atoms with Crippen LogP contribution in [0.2, 0.25) is 0 Å². The lowest BCUT2D eigenvalue weighted by Crippen LogP contribution is -2.16. The van der Waals surface area contributed by atoms with Crippen LogP contribution in [0.15, 0.2) is 18.2 Å². The van der Waals surface area contributed by atoms with E-state index in [0.717, 1.165) is 5.56 Å². The Labute approximate surface area is 119 Å².